The van der Waals surface area contributed by atoms with Crippen molar-refractivity contribution in [2.24, 2.45) is 4.99 Å². The summed E-state index contributed by atoms with van der Waals surface area (Å²) in [7, 11) is -3.62. The van der Waals surface area contributed by atoms with Gasteiger partial charge in [0.1, 0.15) is 0 Å². The number of rotatable bonds is 8. The maximum atomic E-state index is 12.5. The van der Waals surface area contributed by atoms with Gasteiger partial charge in [-0.3, -0.25) is 4.99 Å². The molecule has 0 aromatic rings. The molecular weight excluding hydrogens is 361 g/mol. The molecule has 148 valence electrons. The third-order valence-electron chi connectivity index (χ3n) is 3.86. The number of hydrogen-bond donors (Lipinski definition) is 2. The summed E-state index contributed by atoms with van der Waals surface area (Å²) >= 11 is 0. The highest BCUT2D eigenvalue weighted by molar-refractivity contribution is 7.90. The maximum Gasteiger partial charge on any atom is 0.511 e. The first-order valence-electron chi connectivity index (χ1n) is 8.33. The monoisotopic (exact) mass is 388 g/mol. The second-order valence-corrected chi connectivity index (χ2v) is 7.60. The molecule has 0 aromatic carbocycles. The van der Waals surface area contributed by atoms with Gasteiger partial charge >= 0.3 is 15.5 Å². The zero-order valence-corrected chi connectivity index (χ0v) is 15.4. The van der Waals surface area contributed by atoms with Gasteiger partial charge in [0, 0.05) is 45.9 Å². The molecule has 1 aliphatic rings. The lowest BCUT2D eigenvalue weighted by atomic mass is 10.1. The van der Waals surface area contributed by atoms with Gasteiger partial charge in [-0.15, -0.1) is 0 Å². The first-order chi connectivity index (χ1) is 11.7. The molecule has 1 rings (SSSR count). The van der Waals surface area contributed by atoms with Crippen LogP contribution in [0.15, 0.2) is 4.99 Å². The smallest absolute Gasteiger partial charge is 0.382 e. The molecule has 11 heteroatoms. The fourth-order valence-electron chi connectivity index (χ4n) is 2.46. The SMILES string of the molecule is CCOCCCCNC(=NC)NC1CCN(S(=O)(=O)C(F)(F)F)CC1. The standard InChI is InChI=1S/C14H27F3N4O3S/c1-3-24-11-5-4-8-19-13(18-2)20-12-6-9-21(10-7-12)25(22,23)14(15,16)17/h12H,3-11H2,1-2H3,(H2,18,19,20). The number of nitrogens with zero attached hydrogens (tertiary/aromatic N) is 2. The van der Waals surface area contributed by atoms with Crippen molar-refractivity contribution < 1.29 is 26.3 Å². The van der Waals surface area contributed by atoms with Crippen LogP contribution in [0.25, 0.3) is 0 Å². The van der Waals surface area contributed by atoms with Crippen LogP contribution in [0, 0.1) is 0 Å². The number of sulfonamides is 1. The lowest BCUT2D eigenvalue weighted by molar-refractivity contribution is -0.0494. The Kier molecular flexibility index (Phi) is 8.94. The molecular formula is C14H27F3N4O3S. The van der Waals surface area contributed by atoms with Crippen LogP contribution < -0.4 is 10.6 Å². The van der Waals surface area contributed by atoms with Crippen LogP contribution in [0.4, 0.5) is 13.2 Å². The second kappa shape index (κ2) is 10.2. The number of halogens is 3. The molecule has 1 fully saturated rings. The lowest BCUT2D eigenvalue weighted by Gasteiger charge is -2.32. The summed E-state index contributed by atoms with van der Waals surface area (Å²) in [5.74, 6) is 0.563. The number of unbranched alkanes of at least 4 members (excludes halogenated alkanes) is 1. The Morgan fingerprint density at radius 1 is 1.28 bits per heavy atom. The van der Waals surface area contributed by atoms with E-state index in [0.717, 1.165) is 12.8 Å². The van der Waals surface area contributed by atoms with Crippen molar-refractivity contribution in [3.63, 3.8) is 0 Å². The van der Waals surface area contributed by atoms with Gasteiger partial charge in [-0.1, -0.05) is 0 Å². The van der Waals surface area contributed by atoms with Gasteiger partial charge < -0.3 is 15.4 Å². The summed E-state index contributed by atoms with van der Waals surface area (Å²) < 4.78 is 66.1. The minimum atomic E-state index is -5.24. The molecule has 0 amide bonds. The van der Waals surface area contributed by atoms with Gasteiger partial charge in [-0.05, 0) is 32.6 Å². The van der Waals surface area contributed by atoms with Gasteiger partial charge in [0.05, 0.1) is 0 Å². The summed E-state index contributed by atoms with van der Waals surface area (Å²) in [6.45, 7) is 3.72. The first-order valence-corrected chi connectivity index (χ1v) is 9.77. The molecule has 0 spiro atoms. The zero-order valence-electron chi connectivity index (χ0n) is 14.6. The van der Waals surface area contributed by atoms with E-state index in [1.165, 1.54) is 0 Å². The van der Waals surface area contributed by atoms with Crippen molar-refractivity contribution in [1.82, 2.24) is 14.9 Å². The third kappa shape index (κ3) is 6.98. The molecule has 25 heavy (non-hydrogen) atoms. The van der Waals surface area contributed by atoms with E-state index in [0.29, 0.717) is 42.9 Å². The summed E-state index contributed by atoms with van der Waals surface area (Å²) in [5.41, 5.74) is -5.24. The molecule has 2 N–H and O–H groups in total. The third-order valence-corrected chi connectivity index (χ3v) is 5.49. The molecule has 1 aliphatic heterocycles. The van der Waals surface area contributed by atoms with Gasteiger partial charge in [0.2, 0.25) is 0 Å². The average molecular weight is 388 g/mol. The molecule has 0 saturated carbocycles. The number of piperidine rings is 1. The van der Waals surface area contributed by atoms with Gasteiger partial charge in [-0.25, -0.2) is 8.42 Å². The molecule has 0 aliphatic carbocycles. The summed E-state index contributed by atoms with van der Waals surface area (Å²) in [4.78, 5) is 4.07. The van der Waals surface area contributed by atoms with Crippen molar-refractivity contribution in [2.75, 3.05) is 39.9 Å². The predicted molar refractivity (Wildman–Crippen MR) is 89.8 cm³/mol. The Balaban J connectivity index is 2.35. The van der Waals surface area contributed by atoms with Crippen LogP contribution in [0.1, 0.15) is 32.6 Å². The number of ether oxygens (including phenoxy) is 1. The quantitative estimate of drug-likeness (QED) is 0.372. The van der Waals surface area contributed by atoms with Crippen molar-refractivity contribution in [1.29, 1.82) is 0 Å². The van der Waals surface area contributed by atoms with E-state index in [-0.39, 0.29) is 19.1 Å². The molecule has 1 saturated heterocycles. The van der Waals surface area contributed by atoms with Crippen LogP contribution in [0.2, 0.25) is 0 Å². The fraction of sp³-hybridized carbons (Fsp3) is 0.929. The van der Waals surface area contributed by atoms with Crippen LogP contribution in [0.3, 0.4) is 0 Å². The van der Waals surface area contributed by atoms with Crippen molar-refractivity contribution in [2.45, 2.75) is 44.2 Å². The Hall–Kier alpha value is -1.07. The second-order valence-electron chi connectivity index (χ2n) is 5.67. The maximum absolute atomic E-state index is 12.5. The molecule has 0 bridgehead atoms. The Bertz CT molecular complexity index is 518. The highest BCUT2D eigenvalue weighted by Gasteiger charge is 2.50. The van der Waals surface area contributed by atoms with Crippen LogP contribution in [0.5, 0.6) is 0 Å². The molecule has 7 nitrogen and oxygen atoms in total. The van der Waals surface area contributed by atoms with Crippen LogP contribution in [-0.4, -0.2) is 70.1 Å². The molecule has 1 heterocycles. The molecule has 0 atom stereocenters. The lowest BCUT2D eigenvalue weighted by Crippen LogP contribution is -2.51. The topological polar surface area (TPSA) is 83.0 Å². The molecule has 0 radical (unpaired) electrons. The fourth-order valence-corrected chi connectivity index (χ4v) is 3.44. The molecule has 0 aromatic heterocycles. The van der Waals surface area contributed by atoms with Gasteiger partial charge in [-0.2, -0.15) is 17.5 Å². The number of guanidine groups is 1. The van der Waals surface area contributed by atoms with Crippen molar-refractivity contribution >= 4 is 16.0 Å². The Morgan fingerprint density at radius 2 is 1.92 bits per heavy atom. The minimum absolute atomic E-state index is 0.116. The van der Waals surface area contributed by atoms with E-state index in [1.807, 2.05) is 6.92 Å². The van der Waals surface area contributed by atoms with E-state index in [1.54, 1.807) is 7.05 Å². The largest absolute Gasteiger partial charge is 0.511 e. The van der Waals surface area contributed by atoms with Gasteiger partial charge in [0.25, 0.3) is 0 Å². The van der Waals surface area contributed by atoms with Crippen molar-refractivity contribution in [3.05, 3.63) is 0 Å². The number of nitrogens with one attached hydrogen (secondary N) is 2. The zero-order chi connectivity index (χ0) is 18.9. The molecule has 0 unspecified atom stereocenters. The number of alkyl halides is 3. The first kappa shape index (κ1) is 22.0. The average Bonchev–Trinajstić information content (AvgIpc) is 2.56. The van der Waals surface area contributed by atoms with E-state index in [2.05, 4.69) is 15.6 Å². The minimum Gasteiger partial charge on any atom is -0.382 e. The van der Waals surface area contributed by atoms with E-state index in [9.17, 15) is 21.6 Å². The van der Waals surface area contributed by atoms with E-state index in [4.69, 9.17) is 4.74 Å². The van der Waals surface area contributed by atoms with Crippen LogP contribution in [-0.2, 0) is 14.8 Å². The summed E-state index contributed by atoms with van der Waals surface area (Å²) in [6.07, 6.45) is 2.41. The highest BCUT2D eigenvalue weighted by atomic mass is 32.2. The summed E-state index contributed by atoms with van der Waals surface area (Å²) in [5, 5.41) is 6.25. The number of hydrogen-bond acceptors (Lipinski definition) is 4. The van der Waals surface area contributed by atoms with E-state index >= 15 is 0 Å². The predicted octanol–water partition coefficient (Wildman–Crippen LogP) is 1.28. The highest BCUT2D eigenvalue weighted by Crippen LogP contribution is 2.28. The van der Waals surface area contributed by atoms with Crippen molar-refractivity contribution in [3.8, 4) is 0 Å². The Labute approximate surface area is 147 Å². The normalized spacial score (nSPS) is 18.4. The summed E-state index contributed by atoms with van der Waals surface area (Å²) in [6, 6.07) is -0.116. The van der Waals surface area contributed by atoms with E-state index < -0.39 is 15.5 Å². The Morgan fingerprint density at radius 3 is 2.44 bits per heavy atom. The van der Waals surface area contributed by atoms with Gasteiger partial charge in [0.15, 0.2) is 5.96 Å². The van der Waals surface area contributed by atoms with Crippen LogP contribution >= 0.6 is 0 Å². The number of aliphatic imine (C=N–C) groups is 1.